The zero-order chi connectivity index (χ0) is 12.7. The molecule has 4 nitrogen and oxygen atoms in total. The lowest BCUT2D eigenvalue weighted by Gasteiger charge is -2.10. The lowest BCUT2D eigenvalue weighted by molar-refractivity contribution is -0.117. The summed E-state index contributed by atoms with van der Waals surface area (Å²) in [6.07, 6.45) is 2.28. The molecule has 1 aromatic heterocycles. The summed E-state index contributed by atoms with van der Waals surface area (Å²) >= 11 is 4.18. The molecule has 92 valence electrons. The minimum atomic E-state index is 0.141. The van der Waals surface area contributed by atoms with Crippen LogP contribution in [0.3, 0.4) is 0 Å². The van der Waals surface area contributed by atoms with E-state index in [2.05, 4.69) is 22.6 Å². The second kappa shape index (κ2) is 4.17. The third kappa shape index (κ3) is 1.71. The second-order valence-corrected chi connectivity index (χ2v) is 4.69. The summed E-state index contributed by atoms with van der Waals surface area (Å²) in [5, 5.41) is 0. The van der Waals surface area contributed by atoms with Gasteiger partial charge >= 0.3 is 0 Å². The average molecular weight is 259 g/mol. The molecule has 0 spiro atoms. The van der Waals surface area contributed by atoms with Crippen LogP contribution in [0, 0.1) is 0 Å². The highest BCUT2D eigenvalue weighted by atomic mass is 32.1. The molecule has 0 aliphatic carbocycles. The van der Waals surface area contributed by atoms with Crippen molar-refractivity contribution in [3.63, 3.8) is 0 Å². The maximum Gasteiger partial charge on any atom is 0.231 e. The Morgan fingerprint density at radius 1 is 1.50 bits per heavy atom. The number of hydrogen-bond donors (Lipinski definition) is 2. The highest BCUT2D eigenvalue weighted by molar-refractivity contribution is 7.79. The highest BCUT2D eigenvalue weighted by Gasteiger charge is 2.24. The van der Waals surface area contributed by atoms with Gasteiger partial charge in [0.05, 0.1) is 18.3 Å². The number of carbonyl (C=O) groups excluding carboxylic acids is 1. The fraction of sp³-hybridized carbons (Fsp3) is 0.231. The van der Waals surface area contributed by atoms with Crippen molar-refractivity contribution in [2.45, 2.75) is 12.2 Å². The molecule has 0 radical (unpaired) electrons. The van der Waals surface area contributed by atoms with Crippen LogP contribution < -0.4 is 4.90 Å². The van der Waals surface area contributed by atoms with Crippen molar-refractivity contribution in [2.24, 2.45) is 0 Å². The lowest BCUT2D eigenvalue weighted by atomic mass is 10.1. The average Bonchev–Trinajstić information content (AvgIpc) is 2.95. The quantitative estimate of drug-likeness (QED) is 0.811. The molecule has 0 saturated heterocycles. The molecule has 18 heavy (non-hydrogen) atoms. The van der Waals surface area contributed by atoms with E-state index >= 15 is 0 Å². The maximum atomic E-state index is 11.6. The minimum Gasteiger partial charge on any atom is -0.341 e. The van der Waals surface area contributed by atoms with Gasteiger partial charge in [-0.05, 0) is 23.3 Å². The first-order chi connectivity index (χ1) is 8.69. The molecule has 1 aromatic carbocycles. The summed E-state index contributed by atoms with van der Waals surface area (Å²) in [6.45, 7) is 0. The number of H-pyrrole nitrogens is 1. The third-order valence-corrected chi connectivity index (χ3v) is 3.55. The Bertz CT molecular complexity index is 620. The molecule has 1 aliphatic rings. The number of amides is 1. The Hall–Kier alpha value is -1.75. The smallest absolute Gasteiger partial charge is 0.231 e. The van der Waals surface area contributed by atoms with Gasteiger partial charge < -0.3 is 9.88 Å². The summed E-state index contributed by atoms with van der Waals surface area (Å²) in [7, 11) is 1.81. The number of rotatable bonds is 2. The Labute approximate surface area is 110 Å². The van der Waals surface area contributed by atoms with Crippen LogP contribution in [0.1, 0.15) is 11.4 Å². The standard InChI is InChI=1S/C13H13N3OS/c1-16-11-3-2-8(4-9(11)5-13(16)17)10-6-14-12(7-18)15-10/h2-4,6,18H,5,7H2,1H3,(H,14,15). The summed E-state index contributed by atoms with van der Waals surface area (Å²) in [5.41, 5.74) is 4.08. The number of benzene rings is 1. The fourth-order valence-corrected chi connectivity index (χ4v) is 2.39. The predicted molar refractivity (Wildman–Crippen MR) is 73.8 cm³/mol. The summed E-state index contributed by atoms with van der Waals surface area (Å²) in [4.78, 5) is 20.8. The molecular weight excluding hydrogens is 246 g/mol. The molecule has 1 amide bonds. The lowest BCUT2D eigenvalue weighted by Crippen LogP contribution is -2.20. The van der Waals surface area contributed by atoms with Crippen LogP contribution in [0.5, 0.6) is 0 Å². The van der Waals surface area contributed by atoms with Crippen LogP contribution in [0.4, 0.5) is 5.69 Å². The second-order valence-electron chi connectivity index (χ2n) is 4.37. The van der Waals surface area contributed by atoms with Crippen LogP contribution in [0.15, 0.2) is 24.4 Å². The first-order valence-corrected chi connectivity index (χ1v) is 6.37. The predicted octanol–water partition coefficient (Wildman–Crippen LogP) is 2.03. The Morgan fingerprint density at radius 2 is 2.33 bits per heavy atom. The van der Waals surface area contributed by atoms with Gasteiger partial charge in [-0.15, -0.1) is 0 Å². The van der Waals surface area contributed by atoms with E-state index in [9.17, 15) is 4.79 Å². The van der Waals surface area contributed by atoms with Crippen molar-refractivity contribution in [2.75, 3.05) is 11.9 Å². The van der Waals surface area contributed by atoms with Crippen molar-refractivity contribution in [3.8, 4) is 11.3 Å². The van der Waals surface area contributed by atoms with Gasteiger partial charge in [0.1, 0.15) is 5.82 Å². The van der Waals surface area contributed by atoms with Crippen molar-refractivity contribution in [3.05, 3.63) is 35.8 Å². The molecule has 1 N–H and O–H groups in total. The number of aromatic nitrogens is 2. The molecule has 2 aromatic rings. The first kappa shape index (κ1) is 11.3. The van der Waals surface area contributed by atoms with Crippen LogP contribution in [-0.4, -0.2) is 22.9 Å². The molecular formula is C13H13N3OS. The maximum absolute atomic E-state index is 11.6. The molecule has 1 aliphatic heterocycles. The molecule has 0 saturated carbocycles. The Morgan fingerprint density at radius 3 is 3.06 bits per heavy atom. The zero-order valence-electron chi connectivity index (χ0n) is 9.97. The third-order valence-electron chi connectivity index (χ3n) is 3.25. The summed E-state index contributed by atoms with van der Waals surface area (Å²) in [6, 6.07) is 6.03. The van der Waals surface area contributed by atoms with E-state index in [1.165, 1.54) is 0 Å². The van der Waals surface area contributed by atoms with E-state index in [1.807, 2.05) is 25.2 Å². The normalized spacial score (nSPS) is 14.1. The van der Waals surface area contributed by atoms with Crippen LogP contribution in [-0.2, 0) is 17.0 Å². The van der Waals surface area contributed by atoms with Gasteiger partial charge in [-0.1, -0.05) is 6.07 Å². The van der Waals surface area contributed by atoms with Gasteiger partial charge in [0.25, 0.3) is 0 Å². The topological polar surface area (TPSA) is 49.0 Å². The molecule has 2 heterocycles. The number of hydrogen-bond acceptors (Lipinski definition) is 3. The summed E-state index contributed by atoms with van der Waals surface area (Å²) < 4.78 is 0. The van der Waals surface area contributed by atoms with E-state index in [4.69, 9.17) is 0 Å². The number of carbonyl (C=O) groups is 1. The summed E-state index contributed by atoms with van der Waals surface area (Å²) in [5.74, 6) is 1.58. The van der Waals surface area contributed by atoms with Crippen molar-refractivity contribution >= 4 is 24.2 Å². The van der Waals surface area contributed by atoms with Crippen LogP contribution in [0.25, 0.3) is 11.3 Å². The number of likely N-dealkylation sites (N-methyl/N-ethyl adjacent to an activating group) is 1. The molecule has 5 heteroatoms. The van der Waals surface area contributed by atoms with E-state index < -0.39 is 0 Å². The monoisotopic (exact) mass is 259 g/mol. The molecule has 0 fully saturated rings. The minimum absolute atomic E-state index is 0.141. The number of nitrogens with zero attached hydrogens (tertiary/aromatic N) is 2. The van der Waals surface area contributed by atoms with Crippen LogP contribution >= 0.6 is 12.6 Å². The van der Waals surface area contributed by atoms with E-state index in [0.29, 0.717) is 12.2 Å². The van der Waals surface area contributed by atoms with Gasteiger partial charge in [-0.2, -0.15) is 12.6 Å². The SMILES string of the molecule is CN1C(=O)Cc2cc(-c3cnc(CS)[nH]3)ccc21. The Kier molecular flexibility index (Phi) is 2.63. The van der Waals surface area contributed by atoms with Gasteiger partial charge in [-0.3, -0.25) is 4.79 Å². The number of thiol groups is 1. The van der Waals surface area contributed by atoms with Gasteiger partial charge in [-0.25, -0.2) is 4.98 Å². The first-order valence-electron chi connectivity index (χ1n) is 5.73. The number of fused-ring (bicyclic) bond motifs is 1. The van der Waals surface area contributed by atoms with Crippen molar-refractivity contribution in [1.29, 1.82) is 0 Å². The van der Waals surface area contributed by atoms with E-state index in [1.54, 1.807) is 11.1 Å². The number of aromatic amines is 1. The van der Waals surface area contributed by atoms with Crippen LogP contribution in [0.2, 0.25) is 0 Å². The largest absolute Gasteiger partial charge is 0.341 e. The van der Waals surface area contributed by atoms with Crippen molar-refractivity contribution in [1.82, 2.24) is 9.97 Å². The number of imidazole rings is 1. The number of nitrogens with one attached hydrogen (secondary N) is 1. The van der Waals surface area contributed by atoms with Crippen molar-refractivity contribution < 1.29 is 4.79 Å². The van der Waals surface area contributed by atoms with E-state index in [-0.39, 0.29) is 5.91 Å². The van der Waals surface area contributed by atoms with Gasteiger partial charge in [0, 0.05) is 18.5 Å². The molecule has 3 rings (SSSR count). The van der Waals surface area contributed by atoms with Gasteiger partial charge in [0.15, 0.2) is 0 Å². The van der Waals surface area contributed by atoms with E-state index in [0.717, 1.165) is 28.3 Å². The highest BCUT2D eigenvalue weighted by Crippen LogP contribution is 2.31. The molecule has 0 bridgehead atoms. The van der Waals surface area contributed by atoms with Gasteiger partial charge in [0.2, 0.25) is 5.91 Å². The number of anilines is 1. The Balaban J connectivity index is 2.01. The molecule has 0 unspecified atom stereocenters. The fourth-order valence-electron chi connectivity index (χ4n) is 2.23. The molecule has 0 atom stereocenters. The zero-order valence-corrected chi connectivity index (χ0v) is 10.9.